The van der Waals surface area contributed by atoms with Gasteiger partial charge in [-0.25, -0.2) is 4.21 Å². The largest absolute Gasteiger partial charge is 0.491 e. The van der Waals surface area contributed by atoms with Crippen LogP contribution in [0.3, 0.4) is 0 Å². The van der Waals surface area contributed by atoms with E-state index in [1.807, 2.05) is 45.9 Å². The number of halogens is 1. The summed E-state index contributed by atoms with van der Waals surface area (Å²) in [6, 6.07) is 12.8. The van der Waals surface area contributed by atoms with Gasteiger partial charge in [0.15, 0.2) is 0 Å². The Kier molecular flexibility index (Phi) is 17.0. The fourth-order valence-corrected chi connectivity index (χ4v) is 9.46. The predicted octanol–water partition coefficient (Wildman–Crippen LogP) is 8.49. The number of hydrogen-bond donors (Lipinski definition) is 2. The van der Waals surface area contributed by atoms with E-state index in [-0.39, 0.29) is 17.1 Å². The van der Waals surface area contributed by atoms with Crippen molar-refractivity contribution in [1.82, 2.24) is 14.5 Å². The summed E-state index contributed by atoms with van der Waals surface area (Å²) in [7, 11) is -1.44. The molecule has 10 heteroatoms. The van der Waals surface area contributed by atoms with E-state index in [9.17, 15) is 9.00 Å². The molecule has 1 amide bonds. The van der Waals surface area contributed by atoms with Gasteiger partial charge in [0.25, 0.3) is 5.91 Å². The average Bonchev–Trinajstić information content (AvgIpc) is 3.34. The molecule has 2 N–H and O–H groups in total. The minimum atomic E-state index is -1.44. The van der Waals surface area contributed by atoms with Gasteiger partial charge in [-0.15, -0.1) is 0 Å². The number of fused-ring (bicyclic) bond motifs is 2. The highest BCUT2D eigenvalue weighted by Gasteiger charge is 2.40. The van der Waals surface area contributed by atoms with Crippen LogP contribution in [-0.2, 0) is 17.4 Å². The zero-order valence-electron chi connectivity index (χ0n) is 34.5. The number of aliphatic hydroxyl groups excluding tert-OH is 1. The molecule has 0 bridgehead atoms. The third kappa shape index (κ3) is 12.0. The van der Waals surface area contributed by atoms with Crippen molar-refractivity contribution < 1.29 is 18.8 Å². The molecule has 2 aromatic rings. The van der Waals surface area contributed by atoms with Gasteiger partial charge < -0.3 is 14.7 Å². The molecule has 55 heavy (non-hydrogen) atoms. The van der Waals surface area contributed by atoms with Crippen LogP contribution < -0.4 is 14.4 Å². The van der Waals surface area contributed by atoms with Crippen molar-refractivity contribution >= 4 is 34.2 Å². The standard InChI is InChI=1S/C41H59ClN4O3S.C4H10O/c1-5-7-11-32(24-44-20-21-45-19-9-8-12-36(45)27-44)38-16-13-33(38)25-46-26-34(37-17-15-35(42)22-30(37)10-6-2)28-49-40-18-14-31(23-39(40)46)41(47)43-50(48)29(3)4;1-4(2)3-5/h7,11,14-15,17-18,22-23,29,32-34,36,38H,5-6,8-10,12-13,16,19-21,24-28H2,1-4H3,(H,43,47);4-5H,3H2,1-2H3/b11-7+;. The number of rotatable bonds is 14. The van der Waals surface area contributed by atoms with E-state index in [2.05, 4.69) is 57.6 Å². The Labute approximate surface area is 340 Å². The summed E-state index contributed by atoms with van der Waals surface area (Å²) in [5, 5.41) is 8.76. The molecule has 6 rings (SSSR count). The minimum Gasteiger partial charge on any atom is -0.491 e. The minimum absolute atomic E-state index is 0.158. The van der Waals surface area contributed by atoms with E-state index in [1.54, 1.807) is 6.07 Å². The highest BCUT2D eigenvalue weighted by Crippen LogP contribution is 2.44. The quantitative estimate of drug-likeness (QED) is 0.186. The molecular weight excluding hydrogens is 728 g/mol. The maximum Gasteiger partial charge on any atom is 0.263 e. The monoisotopic (exact) mass is 796 g/mol. The van der Waals surface area contributed by atoms with Crippen LogP contribution >= 0.6 is 11.6 Å². The van der Waals surface area contributed by atoms with Crippen LogP contribution in [0, 0.1) is 23.7 Å². The van der Waals surface area contributed by atoms with Crippen molar-refractivity contribution in [3.63, 3.8) is 0 Å². The normalized spacial score (nSPS) is 24.2. The van der Waals surface area contributed by atoms with Crippen molar-refractivity contribution in [2.24, 2.45) is 23.7 Å². The molecule has 6 unspecified atom stereocenters. The number of aliphatic hydroxyl groups is 1. The highest BCUT2D eigenvalue weighted by atomic mass is 35.5. The van der Waals surface area contributed by atoms with Crippen LogP contribution in [0.2, 0.25) is 5.02 Å². The summed E-state index contributed by atoms with van der Waals surface area (Å²) in [4.78, 5) is 21.3. The van der Waals surface area contributed by atoms with Gasteiger partial charge in [0.2, 0.25) is 0 Å². The number of carbonyl (C=O) groups excluding carboxylic acids is 1. The smallest absolute Gasteiger partial charge is 0.263 e. The zero-order valence-corrected chi connectivity index (χ0v) is 36.1. The molecule has 0 aromatic heterocycles. The lowest BCUT2D eigenvalue weighted by molar-refractivity contribution is 0.0283. The lowest BCUT2D eigenvalue weighted by Crippen LogP contribution is -2.56. The van der Waals surface area contributed by atoms with Crippen LogP contribution in [0.1, 0.15) is 114 Å². The Morgan fingerprint density at radius 3 is 2.53 bits per heavy atom. The lowest BCUT2D eigenvalue weighted by Gasteiger charge is -2.48. The van der Waals surface area contributed by atoms with Crippen molar-refractivity contribution in [3.05, 3.63) is 70.3 Å². The molecule has 2 aromatic carbocycles. The van der Waals surface area contributed by atoms with Gasteiger partial charge in [0.05, 0.1) is 12.3 Å². The molecule has 1 aliphatic carbocycles. The number of carbonyl (C=O) groups is 1. The number of anilines is 1. The summed E-state index contributed by atoms with van der Waals surface area (Å²) in [5.74, 6) is 2.81. The van der Waals surface area contributed by atoms with E-state index in [0.29, 0.717) is 42.4 Å². The molecule has 3 heterocycles. The lowest BCUT2D eigenvalue weighted by atomic mass is 9.66. The number of piperidine rings is 1. The van der Waals surface area contributed by atoms with Gasteiger partial charge in [-0.3, -0.25) is 19.3 Å². The second-order valence-electron chi connectivity index (χ2n) is 17.0. The highest BCUT2D eigenvalue weighted by molar-refractivity contribution is 7.84. The Morgan fingerprint density at radius 1 is 1.04 bits per heavy atom. The van der Waals surface area contributed by atoms with E-state index in [4.69, 9.17) is 21.4 Å². The number of ether oxygens (including phenoxy) is 1. The second kappa shape index (κ2) is 21.4. The summed E-state index contributed by atoms with van der Waals surface area (Å²) in [6.07, 6.45) is 14.6. The van der Waals surface area contributed by atoms with Gasteiger partial charge in [-0.1, -0.05) is 70.4 Å². The van der Waals surface area contributed by atoms with E-state index < -0.39 is 11.0 Å². The molecule has 1 saturated carbocycles. The van der Waals surface area contributed by atoms with E-state index >= 15 is 0 Å². The number of nitrogens with one attached hydrogen (secondary N) is 1. The van der Waals surface area contributed by atoms with Crippen molar-refractivity contribution in [2.75, 3.05) is 63.9 Å². The van der Waals surface area contributed by atoms with Gasteiger partial charge in [-0.2, -0.15) is 0 Å². The van der Waals surface area contributed by atoms with Crippen LogP contribution in [0.5, 0.6) is 5.75 Å². The van der Waals surface area contributed by atoms with Crippen LogP contribution in [0.25, 0.3) is 0 Å². The molecule has 306 valence electrons. The Morgan fingerprint density at radius 2 is 1.84 bits per heavy atom. The first-order chi connectivity index (χ1) is 26.5. The molecule has 6 atom stereocenters. The number of hydrogen-bond acceptors (Lipinski definition) is 7. The molecule has 0 radical (unpaired) electrons. The maximum absolute atomic E-state index is 13.3. The first-order valence-corrected chi connectivity index (χ1v) is 22.9. The SMILES string of the molecule is CC(C)CO.CC/C=C/C(CN1CCN2CCCCC2C1)C1CCC1CN1CC(c2ccc(Cl)cc2CCC)COc2ccc(C(=O)NS(=O)C(C)C)cc21. The van der Waals surface area contributed by atoms with Crippen molar-refractivity contribution in [1.29, 1.82) is 0 Å². The maximum atomic E-state index is 13.3. The van der Waals surface area contributed by atoms with Crippen molar-refractivity contribution in [3.8, 4) is 5.75 Å². The molecule has 3 fully saturated rings. The first kappa shape index (κ1) is 43.7. The Balaban J connectivity index is 0.00000109. The van der Waals surface area contributed by atoms with Crippen LogP contribution in [0.4, 0.5) is 5.69 Å². The van der Waals surface area contributed by atoms with Gasteiger partial charge in [0.1, 0.15) is 16.7 Å². The number of benzene rings is 2. The molecule has 2 saturated heterocycles. The van der Waals surface area contributed by atoms with Crippen LogP contribution in [0.15, 0.2) is 48.6 Å². The van der Waals surface area contributed by atoms with Gasteiger partial charge in [-0.05, 0) is 124 Å². The van der Waals surface area contributed by atoms with E-state index in [0.717, 1.165) is 61.4 Å². The second-order valence-corrected chi connectivity index (χ2v) is 19.2. The zero-order chi connectivity index (χ0) is 39.5. The summed E-state index contributed by atoms with van der Waals surface area (Å²) >= 11 is 6.50. The molecule has 4 aliphatic rings. The number of nitrogens with zero attached hydrogens (tertiary/aromatic N) is 3. The van der Waals surface area contributed by atoms with Crippen LogP contribution in [-0.4, -0.2) is 95.3 Å². The van der Waals surface area contributed by atoms with Gasteiger partial charge in [0, 0.05) is 73.7 Å². The fourth-order valence-electron chi connectivity index (χ4n) is 8.73. The number of aryl methyl sites for hydroxylation is 1. The first-order valence-electron chi connectivity index (χ1n) is 21.3. The predicted molar refractivity (Wildman–Crippen MR) is 230 cm³/mol. The molecule has 3 aliphatic heterocycles. The third-order valence-corrected chi connectivity index (χ3v) is 13.5. The summed E-state index contributed by atoms with van der Waals surface area (Å²) < 4.78 is 21.8. The topological polar surface area (TPSA) is 85.3 Å². The average molecular weight is 798 g/mol. The molecule has 8 nitrogen and oxygen atoms in total. The van der Waals surface area contributed by atoms with Gasteiger partial charge >= 0.3 is 0 Å². The summed E-state index contributed by atoms with van der Waals surface area (Å²) in [6.45, 7) is 20.7. The molecular formula is C45H69ClN4O4S. The third-order valence-electron chi connectivity index (χ3n) is 12.0. The van der Waals surface area contributed by atoms with Crippen molar-refractivity contribution in [2.45, 2.75) is 110 Å². The fraction of sp³-hybridized carbons (Fsp3) is 0.667. The number of amides is 1. The number of piperazine rings is 1. The Bertz CT molecular complexity index is 1590. The Hall–Kier alpha value is -2.43. The summed E-state index contributed by atoms with van der Waals surface area (Å²) in [5.41, 5.74) is 4.06. The van der Waals surface area contributed by atoms with E-state index in [1.165, 1.54) is 69.4 Å². The molecule has 0 spiro atoms. The number of allylic oxidation sites excluding steroid dienone is 1.